The van der Waals surface area contributed by atoms with Crippen molar-refractivity contribution in [2.75, 3.05) is 13.2 Å². The highest BCUT2D eigenvalue weighted by molar-refractivity contribution is 7.16. The van der Waals surface area contributed by atoms with Crippen LogP contribution in [0.5, 0.6) is 0 Å². The fourth-order valence-corrected chi connectivity index (χ4v) is 5.48. The zero-order chi connectivity index (χ0) is 21.0. The van der Waals surface area contributed by atoms with Gasteiger partial charge in [-0.2, -0.15) is 0 Å². The van der Waals surface area contributed by atoms with Gasteiger partial charge in [-0.15, -0.1) is 16.4 Å². The van der Waals surface area contributed by atoms with Gasteiger partial charge in [0.1, 0.15) is 23.0 Å². The number of amides is 1. The number of aryl methyl sites for hydroxylation is 1. The second-order valence-electron chi connectivity index (χ2n) is 8.62. The number of hydrogen-bond donors (Lipinski definition) is 1. The molecule has 0 aliphatic carbocycles. The Morgan fingerprint density at radius 3 is 2.90 bits per heavy atom. The molecule has 1 fully saturated rings. The van der Waals surface area contributed by atoms with Crippen LogP contribution in [0.25, 0.3) is 0 Å². The number of hydrogen-bond acceptors (Lipinski definition) is 7. The van der Waals surface area contributed by atoms with Crippen molar-refractivity contribution in [2.24, 2.45) is 7.05 Å². The molecule has 158 valence electrons. The summed E-state index contributed by atoms with van der Waals surface area (Å²) < 4.78 is 14.1. The van der Waals surface area contributed by atoms with E-state index in [0.29, 0.717) is 29.4 Å². The lowest BCUT2D eigenvalue weighted by atomic mass is 9.80. The van der Waals surface area contributed by atoms with Gasteiger partial charge < -0.3 is 14.6 Å². The average Bonchev–Trinajstić information content (AvgIpc) is 3.23. The molecule has 4 heterocycles. The number of nitrogens with zero attached hydrogens (tertiary/aromatic N) is 4. The van der Waals surface area contributed by atoms with Crippen LogP contribution in [-0.4, -0.2) is 49.8 Å². The Balaban J connectivity index is 1.71. The highest BCUT2D eigenvalue weighted by Crippen LogP contribution is 2.52. The highest BCUT2D eigenvalue weighted by atomic mass is 35.5. The normalized spacial score (nSPS) is 27.2. The number of ether oxygens (including phenoxy) is 2. The molecule has 2 aromatic rings. The number of aliphatic hydroxyl groups excluding tert-OH is 1. The van der Waals surface area contributed by atoms with Crippen molar-refractivity contribution in [3.05, 3.63) is 32.7 Å². The number of thiophene rings is 1. The monoisotopic (exact) mass is 440 g/mol. The van der Waals surface area contributed by atoms with E-state index in [9.17, 15) is 9.90 Å². The Kier molecular flexibility index (Phi) is 5.13. The van der Waals surface area contributed by atoms with E-state index in [1.165, 1.54) is 11.3 Å². The van der Waals surface area contributed by atoms with Crippen LogP contribution in [0.15, 0.2) is 12.3 Å². The first-order chi connectivity index (χ1) is 13.6. The third-order valence-electron chi connectivity index (χ3n) is 5.27. The first-order valence-corrected chi connectivity index (χ1v) is 10.7. The van der Waals surface area contributed by atoms with E-state index in [1.54, 1.807) is 22.8 Å². The zero-order valence-corrected chi connectivity index (χ0v) is 18.5. The largest absolute Gasteiger partial charge is 0.444 e. The zero-order valence-electron chi connectivity index (χ0n) is 16.9. The number of rotatable bonds is 1. The van der Waals surface area contributed by atoms with Crippen LogP contribution in [0.4, 0.5) is 4.79 Å². The molecule has 1 unspecified atom stereocenters. The molecule has 0 aromatic carbocycles. The van der Waals surface area contributed by atoms with E-state index < -0.39 is 17.3 Å². The molecule has 10 heteroatoms. The molecule has 4 rings (SSSR count). The Morgan fingerprint density at radius 1 is 1.48 bits per heavy atom. The van der Waals surface area contributed by atoms with E-state index in [4.69, 9.17) is 21.1 Å². The van der Waals surface area contributed by atoms with Gasteiger partial charge in [-0.3, -0.25) is 9.58 Å². The maximum atomic E-state index is 12.9. The number of carbonyl (C=O) groups is 1. The lowest BCUT2D eigenvalue weighted by Gasteiger charge is -2.47. The molecule has 1 saturated heterocycles. The van der Waals surface area contributed by atoms with Gasteiger partial charge >= 0.3 is 6.09 Å². The topological polar surface area (TPSA) is 89.7 Å². The molecule has 2 aromatic heterocycles. The van der Waals surface area contributed by atoms with Gasteiger partial charge in [0, 0.05) is 30.5 Å². The Hall–Kier alpha value is -1.68. The first-order valence-electron chi connectivity index (χ1n) is 9.55. The molecule has 0 saturated carbocycles. The second kappa shape index (κ2) is 7.23. The van der Waals surface area contributed by atoms with Crippen molar-refractivity contribution in [3.8, 4) is 0 Å². The van der Waals surface area contributed by atoms with E-state index in [0.717, 1.165) is 10.4 Å². The third kappa shape index (κ3) is 3.88. The third-order valence-corrected chi connectivity index (χ3v) is 6.73. The van der Waals surface area contributed by atoms with Crippen molar-refractivity contribution in [1.82, 2.24) is 19.9 Å². The number of likely N-dealkylation sites (tertiary alicyclic amines) is 1. The summed E-state index contributed by atoms with van der Waals surface area (Å²) >= 11 is 7.69. The minimum atomic E-state index is -0.696. The number of piperidine rings is 1. The smallest absolute Gasteiger partial charge is 0.410 e. The van der Waals surface area contributed by atoms with E-state index in [-0.39, 0.29) is 18.7 Å². The molecule has 2 aliphatic heterocycles. The predicted octanol–water partition coefficient (Wildman–Crippen LogP) is 3.56. The fourth-order valence-electron chi connectivity index (χ4n) is 4.01. The van der Waals surface area contributed by atoms with Gasteiger partial charge in [-0.05, 0) is 33.3 Å². The van der Waals surface area contributed by atoms with Crippen LogP contribution in [0.1, 0.15) is 61.9 Å². The minimum absolute atomic E-state index is 0.194. The van der Waals surface area contributed by atoms with Gasteiger partial charge in [0.05, 0.1) is 23.2 Å². The molecular weight excluding hydrogens is 416 g/mol. The number of halogens is 1. The molecule has 0 radical (unpaired) electrons. The van der Waals surface area contributed by atoms with Gasteiger partial charge in [0.25, 0.3) is 0 Å². The summed E-state index contributed by atoms with van der Waals surface area (Å²) in [6.07, 6.45) is 1.80. The van der Waals surface area contributed by atoms with Crippen LogP contribution >= 0.6 is 22.9 Å². The standard InChI is InChI=1S/C19H25ClN4O4S/c1-18(2,3)28-17(26)24-6-5-19(8-13(24)12-9-23(4)22-21-12)16-11(7-15(20)29-16)14(25)10-27-19/h7,9,13-14,25H,5-6,8,10H2,1-4H3/t13-,14?,19-/m0/s1. The molecule has 8 nitrogen and oxygen atoms in total. The fraction of sp³-hybridized carbons (Fsp3) is 0.632. The Morgan fingerprint density at radius 2 is 2.24 bits per heavy atom. The number of fused-ring (bicyclic) bond motifs is 2. The molecule has 2 aliphatic rings. The van der Waals surface area contributed by atoms with Gasteiger partial charge in [0.15, 0.2) is 0 Å². The number of aliphatic hydroxyl groups is 1. The molecule has 29 heavy (non-hydrogen) atoms. The van der Waals surface area contributed by atoms with Crippen LogP contribution in [0.3, 0.4) is 0 Å². The van der Waals surface area contributed by atoms with Crippen molar-refractivity contribution >= 4 is 29.0 Å². The summed E-state index contributed by atoms with van der Waals surface area (Å²) in [4.78, 5) is 15.6. The first kappa shape index (κ1) is 20.6. The van der Waals surface area contributed by atoms with E-state index in [1.807, 2.05) is 26.8 Å². The minimum Gasteiger partial charge on any atom is -0.444 e. The van der Waals surface area contributed by atoms with Crippen LogP contribution < -0.4 is 0 Å². The summed E-state index contributed by atoms with van der Waals surface area (Å²) in [5, 5.41) is 18.7. The average molecular weight is 441 g/mol. The van der Waals surface area contributed by atoms with Crippen LogP contribution in [0.2, 0.25) is 4.34 Å². The molecule has 3 atom stereocenters. The quantitative estimate of drug-likeness (QED) is 0.729. The summed E-state index contributed by atoms with van der Waals surface area (Å²) in [5.41, 5.74) is 0.262. The predicted molar refractivity (Wildman–Crippen MR) is 108 cm³/mol. The van der Waals surface area contributed by atoms with Gasteiger partial charge in [-0.25, -0.2) is 4.79 Å². The summed E-state index contributed by atoms with van der Waals surface area (Å²) in [5.74, 6) is 0. The molecular formula is C19H25ClN4O4S. The van der Waals surface area contributed by atoms with Crippen LogP contribution in [-0.2, 0) is 22.1 Å². The lowest BCUT2D eigenvalue weighted by Crippen LogP contribution is -2.51. The molecule has 0 bridgehead atoms. The number of carbonyl (C=O) groups excluding carboxylic acids is 1. The summed E-state index contributed by atoms with van der Waals surface area (Å²) in [7, 11) is 1.79. The van der Waals surface area contributed by atoms with Crippen molar-refractivity contribution in [3.63, 3.8) is 0 Å². The molecule has 1 spiro atoms. The van der Waals surface area contributed by atoms with Crippen LogP contribution in [0, 0.1) is 0 Å². The maximum Gasteiger partial charge on any atom is 0.410 e. The van der Waals surface area contributed by atoms with Crippen molar-refractivity contribution in [2.45, 2.75) is 57.0 Å². The lowest BCUT2D eigenvalue weighted by molar-refractivity contribution is -0.139. The van der Waals surface area contributed by atoms with E-state index in [2.05, 4.69) is 10.3 Å². The Labute approximate surface area is 178 Å². The highest BCUT2D eigenvalue weighted by Gasteiger charge is 2.50. The number of aromatic nitrogens is 3. The summed E-state index contributed by atoms with van der Waals surface area (Å²) in [6.45, 7) is 6.17. The van der Waals surface area contributed by atoms with Gasteiger partial charge in [-0.1, -0.05) is 16.8 Å². The van der Waals surface area contributed by atoms with Crippen molar-refractivity contribution in [1.29, 1.82) is 0 Å². The maximum absolute atomic E-state index is 12.9. The second-order valence-corrected chi connectivity index (χ2v) is 10.3. The molecule has 1 N–H and O–H groups in total. The Bertz CT molecular complexity index is 924. The SMILES string of the molecule is Cn1cc([C@@H]2C[C@]3(CCN2C(=O)OC(C)(C)C)OCC(O)c2cc(Cl)sc23)nn1. The van der Waals surface area contributed by atoms with Crippen molar-refractivity contribution < 1.29 is 19.4 Å². The van der Waals surface area contributed by atoms with E-state index >= 15 is 0 Å². The molecule has 1 amide bonds. The van der Waals surface area contributed by atoms with Gasteiger partial charge in [0.2, 0.25) is 0 Å². The summed E-state index contributed by atoms with van der Waals surface area (Å²) in [6, 6.07) is 1.45.